The number of aromatic nitrogens is 5. The first-order valence-corrected chi connectivity index (χ1v) is 12.8. The van der Waals surface area contributed by atoms with E-state index in [1.165, 1.54) is 6.07 Å². The Morgan fingerprint density at radius 1 is 0.842 bits per heavy atom. The van der Waals surface area contributed by atoms with Crippen LogP contribution in [0.1, 0.15) is 12.8 Å². The highest BCUT2D eigenvalue weighted by Crippen LogP contribution is 2.35. The van der Waals surface area contributed by atoms with Gasteiger partial charge in [-0.2, -0.15) is 5.10 Å². The molecule has 1 saturated heterocycles. The zero-order chi connectivity index (χ0) is 25.5. The van der Waals surface area contributed by atoms with E-state index in [-0.39, 0.29) is 11.9 Å². The molecule has 2 aromatic carbocycles. The molecule has 1 fully saturated rings. The summed E-state index contributed by atoms with van der Waals surface area (Å²) >= 11 is 0. The van der Waals surface area contributed by atoms with Gasteiger partial charge in [0.05, 0.1) is 29.3 Å². The van der Waals surface area contributed by atoms with Gasteiger partial charge in [0, 0.05) is 28.0 Å². The van der Waals surface area contributed by atoms with Crippen LogP contribution in [0.5, 0.6) is 5.75 Å². The van der Waals surface area contributed by atoms with Crippen molar-refractivity contribution in [2.24, 2.45) is 0 Å². The van der Waals surface area contributed by atoms with Gasteiger partial charge in [-0.1, -0.05) is 24.3 Å². The molecule has 0 bridgehead atoms. The van der Waals surface area contributed by atoms with E-state index in [9.17, 15) is 4.39 Å². The number of aromatic amines is 2. The number of hydrogen-bond donors (Lipinski definition) is 3. The number of halogens is 1. The van der Waals surface area contributed by atoms with Crippen LogP contribution in [-0.2, 0) is 0 Å². The summed E-state index contributed by atoms with van der Waals surface area (Å²) in [4.78, 5) is 12.6. The molecule has 5 heterocycles. The normalized spacial score (nSPS) is 14.3. The van der Waals surface area contributed by atoms with Gasteiger partial charge in [-0.15, -0.1) is 0 Å². The van der Waals surface area contributed by atoms with Crippen LogP contribution < -0.4 is 10.1 Å². The maximum atomic E-state index is 13.9. The van der Waals surface area contributed by atoms with Gasteiger partial charge in [0.2, 0.25) is 0 Å². The average Bonchev–Trinajstić information content (AvgIpc) is 3.57. The van der Waals surface area contributed by atoms with Crippen LogP contribution >= 0.6 is 0 Å². The van der Waals surface area contributed by atoms with Gasteiger partial charge in [-0.3, -0.25) is 15.1 Å². The molecule has 38 heavy (non-hydrogen) atoms. The number of nitrogens with one attached hydrogen (secondary N) is 3. The lowest BCUT2D eigenvalue weighted by atomic mass is 10.0. The number of hydrogen-bond acceptors (Lipinski definition) is 5. The highest BCUT2D eigenvalue weighted by Gasteiger charge is 2.17. The summed E-state index contributed by atoms with van der Waals surface area (Å²) in [6.07, 6.45) is 7.52. The van der Waals surface area contributed by atoms with Crippen LogP contribution in [0.25, 0.3) is 55.6 Å². The smallest absolute Gasteiger partial charge is 0.138 e. The van der Waals surface area contributed by atoms with Gasteiger partial charge in [0.15, 0.2) is 0 Å². The van der Waals surface area contributed by atoms with Crippen LogP contribution in [-0.4, -0.2) is 44.3 Å². The van der Waals surface area contributed by atoms with E-state index in [2.05, 4.69) is 36.5 Å². The minimum Gasteiger partial charge on any atom is -0.489 e. The lowest BCUT2D eigenvalue weighted by Gasteiger charge is -2.23. The molecule has 6 aromatic rings. The summed E-state index contributed by atoms with van der Waals surface area (Å²) in [6.45, 7) is 1.94. The number of pyridine rings is 2. The molecule has 0 amide bonds. The minimum atomic E-state index is -0.256. The Kier molecular flexibility index (Phi) is 5.59. The Bertz CT molecular complexity index is 1770. The van der Waals surface area contributed by atoms with Crippen LogP contribution in [0.15, 0.2) is 79.3 Å². The average molecular weight is 505 g/mol. The SMILES string of the molecule is Fc1cccc(-c2cccc3[nH]c(-c4n[nH]c5cnc(-c6cncc(OC7CCNCC7)c6)cc45)cc23)c1. The Hall–Kier alpha value is -4.56. The van der Waals surface area contributed by atoms with E-state index in [0.717, 1.165) is 87.3 Å². The maximum absolute atomic E-state index is 13.9. The molecule has 0 unspecified atom stereocenters. The fourth-order valence-electron chi connectivity index (χ4n) is 5.20. The second kappa shape index (κ2) is 9.39. The summed E-state index contributed by atoms with van der Waals surface area (Å²) in [5.41, 5.74) is 6.92. The summed E-state index contributed by atoms with van der Waals surface area (Å²) < 4.78 is 20.1. The van der Waals surface area contributed by atoms with E-state index in [4.69, 9.17) is 4.74 Å². The number of benzene rings is 2. The van der Waals surface area contributed by atoms with Crippen molar-refractivity contribution in [3.63, 3.8) is 0 Å². The third-order valence-corrected chi connectivity index (χ3v) is 7.10. The number of piperidine rings is 1. The van der Waals surface area contributed by atoms with Gasteiger partial charge < -0.3 is 15.0 Å². The summed E-state index contributed by atoms with van der Waals surface area (Å²) in [5.74, 6) is 0.498. The van der Waals surface area contributed by atoms with Crippen LogP contribution in [0.2, 0.25) is 0 Å². The van der Waals surface area contributed by atoms with Crippen molar-refractivity contribution >= 4 is 21.8 Å². The van der Waals surface area contributed by atoms with Crippen molar-refractivity contribution in [2.75, 3.05) is 13.1 Å². The van der Waals surface area contributed by atoms with Crippen molar-refractivity contribution in [2.45, 2.75) is 18.9 Å². The zero-order valence-corrected chi connectivity index (χ0v) is 20.5. The first kappa shape index (κ1) is 22.6. The predicted octanol–water partition coefficient (Wildman–Crippen LogP) is 6.11. The topological polar surface area (TPSA) is 91.5 Å². The van der Waals surface area contributed by atoms with Crippen molar-refractivity contribution in [3.05, 3.63) is 85.1 Å². The molecule has 0 spiro atoms. The van der Waals surface area contributed by atoms with Crippen molar-refractivity contribution in [1.82, 2.24) is 30.5 Å². The number of rotatable bonds is 5. The molecule has 8 heteroatoms. The number of ether oxygens (including phenoxy) is 1. The minimum absolute atomic E-state index is 0.198. The van der Waals surface area contributed by atoms with E-state index < -0.39 is 0 Å². The number of H-pyrrole nitrogens is 2. The molecule has 0 radical (unpaired) electrons. The van der Waals surface area contributed by atoms with E-state index >= 15 is 0 Å². The van der Waals surface area contributed by atoms with Gasteiger partial charge in [-0.05, 0) is 73.5 Å². The lowest BCUT2D eigenvalue weighted by molar-refractivity contribution is 0.162. The van der Waals surface area contributed by atoms with E-state index in [0.29, 0.717) is 0 Å². The second-order valence-electron chi connectivity index (χ2n) is 9.62. The quantitative estimate of drug-likeness (QED) is 0.264. The lowest BCUT2D eigenvalue weighted by Crippen LogP contribution is -2.34. The van der Waals surface area contributed by atoms with Crippen LogP contribution in [0, 0.1) is 5.82 Å². The maximum Gasteiger partial charge on any atom is 0.138 e. The van der Waals surface area contributed by atoms with Gasteiger partial charge in [0.25, 0.3) is 0 Å². The van der Waals surface area contributed by atoms with E-state index in [1.54, 1.807) is 30.7 Å². The largest absolute Gasteiger partial charge is 0.489 e. The molecule has 3 N–H and O–H groups in total. The van der Waals surface area contributed by atoms with Crippen LogP contribution in [0.4, 0.5) is 4.39 Å². The highest BCUT2D eigenvalue weighted by molar-refractivity contribution is 6.01. The Balaban J connectivity index is 1.26. The van der Waals surface area contributed by atoms with Crippen molar-refractivity contribution in [3.8, 4) is 39.5 Å². The molecular weight excluding hydrogens is 479 g/mol. The van der Waals surface area contributed by atoms with Gasteiger partial charge in [0.1, 0.15) is 23.4 Å². The molecule has 4 aromatic heterocycles. The second-order valence-corrected chi connectivity index (χ2v) is 9.62. The summed E-state index contributed by atoms with van der Waals surface area (Å²) in [6, 6.07) is 18.8. The molecule has 1 aliphatic heterocycles. The Labute approximate surface area is 218 Å². The zero-order valence-electron chi connectivity index (χ0n) is 20.5. The van der Waals surface area contributed by atoms with Gasteiger partial charge >= 0.3 is 0 Å². The van der Waals surface area contributed by atoms with E-state index in [1.807, 2.05) is 36.4 Å². The third-order valence-electron chi connectivity index (χ3n) is 7.10. The highest BCUT2D eigenvalue weighted by atomic mass is 19.1. The fourth-order valence-corrected chi connectivity index (χ4v) is 5.20. The molecule has 0 saturated carbocycles. The number of fused-ring (bicyclic) bond motifs is 2. The molecule has 0 atom stereocenters. The standard InChI is InChI=1S/C30H25FN6O/c31-20-4-1-3-18(11-20)23-5-2-6-26-24(23)13-28(35-26)30-25-14-27(34-17-29(25)36-37-30)19-12-22(16-33-15-19)38-21-7-9-32-10-8-21/h1-6,11-17,21,32,35H,7-10H2,(H,36,37). The number of nitrogens with zero attached hydrogens (tertiary/aromatic N) is 3. The Morgan fingerprint density at radius 3 is 2.63 bits per heavy atom. The molecule has 0 aliphatic carbocycles. The monoisotopic (exact) mass is 504 g/mol. The van der Waals surface area contributed by atoms with Crippen molar-refractivity contribution in [1.29, 1.82) is 0 Å². The first-order valence-electron chi connectivity index (χ1n) is 12.8. The van der Waals surface area contributed by atoms with Gasteiger partial charge in [-0.25, -0.2) is 4.39 Å². The van der Waals surface area contributed by atoms with Crippen LogP contribution in [0.3, 0.4) is 0 Å². The summed E-state index contributed by atoms with van der Waals surface area (Å²) in [5, 5.41) is 13.0. The molecule has 1 aliphatic rings. The molecule has 7 nitrogen and oxygen atoms in total. The summed E-state index contributed by atoms with van der Waals surface area (Å²) in [7, 11) is 0. The fraction of sp³-hybridized carbons (Fsp3) is 0.167. The van der Waals surface area contributed by atoms with Crippen molar-refractivity contribution < 1.29 is 9.13 Å². The molecular formula is C30H25FN6O. The molecule has 188 valence electrons. The first-order chi connectivity index (χ1) is 18.7. The predicted molar refractivity (Wildman–Crippen MR) is 146 cm³/mol. The molecule has 7 rings (SSSR count). The third kappa shape index (κ3) is 4.18. The Morgan fingerprint density at radius 2 is 1.74 bits per heavy atom.